The van der Waals surface area contributed by atoms with Crippen molar-refractivity contribution in [1.29, 1.82) is 0 Å². The lowest BCUT2D eigenvalue weighted by Gasteiger charge is -2.08. The van der Waals surface area contributed by atoms with Crippen molar-refractivity contribution in [2.24, 2.45) is 5.10 Å². The minimum Gasteiger partial charge on any atom is -0.497 e. The molecule has 0 aliphatic heterocycles. The Labute approximate surface area is 152 Å². The van der Waals surface area contributed by atoms with Crippen molar-refractivity contribution >= 4 is 22.4 Å². The first-order valence-corrected chi connectivity index (χ1v) is 8.17. The van der Waals surface area contributed by atoms with E-state index in [4.69, 9.17) is 9.47 Å². The molecule has 3 rings (SSSR count). The van der Waals surface area contributed by atoms with Crippen molar-refractivity contribution in [3.05, 3.63) is 71.8 Å². The molecule has 0 unspecified atom stereocenters. The molecule has 3 aromatic rings. The Balaban J connectivity index is 1.80. The van der Waals surface area contributed by atoms with Gasteiger partial charge in [-0.2, -0.15) is 5.10 Å². The summed E-state index contributed by atoms with van der Waals surface area (Å²) in [6.07, 6.45) is 0. The van der Waals surface area contributed by atoms with Crippen molar-refractivity contribution in [1.82, 2.24) is 5.43 Å². The number of hydrogen-bond acceptors (Lipinski definition) is 4. The largest absolute Gasteiger partial charge is 0.497 e. The molecule has 132 valence electrons. The van der Waals surface area contributed by atoms with E-state index in [1.807, 2.05) is 37.3 Å². The Bertz CT molecular complexity index is 958. The number of fused-ring (bicyclic) bond motifs is 1. The van der Waals surface area contributed by atoms with Crippen LogP contribution in [-0.4, -0.2) is 25.8 Å². The molecule has 5 heteroatoms. The fraction of sp³-hybridized carbons (Fsp3) is 0.143. The van der Waals surface area contributed by atoms with Gasteiger partial charge in [-0.25, -0.2) is 5.43 Å². The fourth-order valence-corrected chi connectivity index (χ4v) is 2.62. The second-order valence-electron chi connectivity index (χ2n) is 5.80. The number of rotatable bonds is 5. The first-order valence-electron chi connectivity index (χ1n) is 8.17. The van der Waals surface area contributed by atoms with Gasteiger partial charge in [-0.3, -0.25) is 4.79 Å². The van der Waals surface area contributed by atoms with E-state index in [2.05, 4.69) is 22.7 Å². The maximum atomic E-state index is 12.4. The number of hydrazone groups is 1. The van der Waals surface area contributed by atoms with E-state index in [1.54, 1.807) is 32.4 Å². The lowest BCUT2D eigenvalue weighted by atomic mass is 10.0. The third-order valence-corrected chi connectivity index (χ3v) is 4.11. The minimum absolute atomic E-state index is 0.331. The second kappa shape index (κ2) is 7.70. The van der Waals surface area contributed by atoms with Gasteiger partial charge in [0, 0.05) is 11.6 Å². The number of ether oxygens (including phenoxy) is 2. The van der Waals surface area contributed by atoms with E-state index in [0.717, 1.165) is 22.0 Å². The van der Waals surface area contributed by atoms with Crippen LogP contribution in [-0.2, 0) is 0 Å². The summed E-state index contributed by atoms with van der Waals surface area (Å²) in [7, 11) is 3.08. The van der Waals surface area contributed by atoms with Crippen molar-refractivity contribution in [3.8, 4) is 11.5 Å². The molecule has 5 nitrogen and oxygen atoms in total. The number of nitrogens with zero attached hydrogens (tertiary/aromatic N) is 1. The predicted molar refractivity (Wildman–Crippen MR) is 103 cm³/mol. The molecule has 0 radical (unpaired) electrons. The third-order valence-electron chi connectivity index (χ3n) is 4.11. The second-order valence-corrected chi connectivity index (χ2v) is 5.80. The topological polar surface area (TPSA) is 59.9 Å². The summed E-state index contributed by atoms with van der Waals surface area (Å²) in [5, 5.41) is 6.52. The minimum atomic E-state index is -0.331. The van der Waals surface area contributed by atoms with Crippen LogP contribution in [0.2, 0.25) is 0 Å². The number of hydrogen-bond donors (Lipinski definition) is 1. The Morgan fingerprint density at radius 2 is 1.50 bits per heavy atom. The Morgan fingerprint density at radius 1 is 0.846 bits per heavy atom. The zero-order valence-electron chi connectivity index (χ0n) is 14.9. The van der Waals surface area contributed by atoms with Crippen LogP contribution in [0.4, 0.5) is 0 Å². The molecule has 0 bridgehead atoms. The molecule has 0 saturated carbocycles. The number of benzene rings is 3. The SMILES string of the molecule is COc1cc(OC)cc(C(=O)NN=C(C)c2ccc3ccccc3c2)c1. The molecule has 0 fully saturated rings. The summed E-state index contributed by atoms with van der Waals surface area (Å²) in [6, 6.07) is 19.2. The van der Waals surface area contributed by atoms with Gasteiger partial charge < -0.3 is 9.47 Å². The Hall–Kier alpha value is -3.34. The number of nitrogens with one attached hydrogen (secondary N) is 1. The summed E-state index contributed by atoms with van der Waals surface area (Å²) < 4.78 is 10.4. The van der Waals surface area contributed by atoms with E-state index in [1.165, 1.54) is 0 Å². The first kappa shape index (κ1) is 17.5. The highest BCUT2D eigenvalue weighted by Crippen LogP contribution is 2.22. The monoisotopic (exact) mass is 348 g/mol. The standard InChI is InChI=1S/C21H20N2O3/c1-14(16-9-8-15-6-4-5-7-17(15)10-16)22-23-21(24)18-11-19(25-2)13-20(12-18)26-3/h4-13H,1-3H3,(H,23,24). The van der Waals surface area contributed by atoms with Crippen LogP contribution in [0.25, 0.3) is 10.8 Å². The molecule has 3 aromatic carbocycles. The van der Waals surface area contributed by atoms with Gasteiger partial charge in [0.1, 0.15) is 11.5 Å². The Kier molecular flexibility index (Phi) is 5.17. The molecule has 1 amide bonds. The number of methoxy groups -OCH3 is 2. The average molecular weight is 348 g/mol. The molecule has 0 aliphatic rings. The summed E-state index contributed by atoms with van der Waals surface area (Å²) >= 11 is 0. The summed E-state index contributed by atoms with van der Waals surface area (Å²) in [6.45, 7) is 1.86. The molecular weight excluding hydrogens is 328 g/mol. The molecular formula is C21H20N2O3. The zero-order chi connectivity index (χ0) is 18.5. The van der Waals surface area contributed by atoms with E-state index in [-0.39, 0.29) is 5.91 Å². The molecule has 26 heavy (non-hydrogen) atoms. The normalized spacial score (nSPS) is 11.3. The summed E-state index contributed by atoms with van der Waals surface area (Å²) in [5.41, 5.74) is 4.67. The predicted octanol–water partition coefficient (Wildman–Crippen LogP) is 4.01. The molecule has 0 spiro atoms. The first-order chi connectivity index (χ1) is 12.6. The van der Waals surface area contributed by atoms with Gasteiger partial charge in [-0.15, -0.1) is 0 Å². The number of amides is 1. The lowest BCUT2D eigenvalue weighted by molar-refractivity contribution is 0.0954. The van der Waals surface area contributed by atoms with Crippen LogP contribution in [0, 0.1) is 0 Å². The highest BCUT2D eigenvalue weighted by atomic mass is 16.5. The molecule has 1 N–H and O–H groups in total. The molecule has 0 aromatic heterocycles. The molecule has 0 heterocycles. The van der Waals surface area contributed by atoms with Gasteiger partial charge in [0.15, 0.2) is 0 Å². The molecule has 0 atom stereocenters. The summed E-state index contributed by atoms with van der Waals surface area (Å²) in [4.78, 5) is 12.4. The van der Waals surface area contributed by atoms with Gasteiger partial charge in [-0.05, 0) is 41.5 Å². The van der Waals surface area contributed by atoms with Gasteiger partial charge >= 0.3 is 0 Å². The van der Waals surface area contributed by atoms with Crippen LogP contribution in [0.5, 0.6) is 11.5 Å². The van der Waals surface area contributed by atoms with Gasteiger partial charge in [-0.1, -0.05) is 36.4 Å². The van der Waals surface area contributed by atoms with E-state index >= 15 is 0 Å². The Morgan fingerprint density at radius 3 is 2.15 bits per heavy atom. The highest BCUT2D eigenvalue weighted by Gasteiger charge is 2.10. The van der Waals surface area contributed by atoms with Gasteiger partial charge in [0.05, 0.1) is 19.9 Å². The third kappa shape index (κ3) is 3.83. The van der Waals surface area contributed by atoms with E-state index in [0.29, 0.717) is 17.1 Å². The lowest BCUT2D eigenvalue weighted by Crippen LogP contribution is -2.19. The molecule has 0 saturated heterocycles. The number of carbonyl (C=O) groups excluding carboxylic acids is 1. The van der Waals surface area contributed by atoms with Crippen molar-refractivity contribution in [2.75, 3.05) is 14.2 Å². The summed E-state index contributed by atoms with van der Waals surface area (Å²) in [5.74, 6) is 0.761. The van der Waals surface area contributed by atoms with Crippen LogP contribution in [0.15, 0.2) is 65.8 Å². The number of carbonyl (C=O) groups is 1. The maximum absolute atomic E-state index is 12.4. The van der Waals surface area contributed by atoms with E-state index in [9.17, 15) is 4.79 Å². The van der Waals surface area contributed by atoms with E-state index < -0.39 is 0 Å². The quantitative estimate of drug-likeness (QED) is 0.560. The van der Waals surface area contributed by atoms with Crippen LogP contribution in [0.1, 0.15) is 22.8 Å². The average Bonchev–Trinajstić information content (AvgIpc) is 2.70. The van der Waals surface area contributed by atoms with Gasteiger partial charge in [0.2, 0.25) is 0 Å². The zero-order valence-corrected chi connectivity index (χ0v) is 14.9. The molecule has 0 aliphatic carbocycles. The van der Waals surface area contributed by atoms with Crippen molar-refractivity contribution in [3.63, 3.8) is 0 Å². The van der Waals surface area contributed by atoms with Crippen LogP contribution in [0.3, 0.4) is 0 Å². The van der Waals surface area contributed by atoms with Crippen LogP contribution >= 0.6 is 0 Å². The van der Waals surface area contributed by atoms with Crippen molar-refractivity contribution < 1.29 is 14.3 Å². The fourth-order valence-electron chi connectivity index (χ4n) is 2.62. The highest BCUT2D eigenvalue weighted by molar-refractivity contribution is 6.03. The smallest absolute Gasteiger partial charge is 0.271 e. The van der Waals surface area contributed by atoms with Crippen molar-refractivity contribution in [2.45, 2.75) is 6.92 Å². The van der Waals surface area contributed by atoms with Crippen LogP contribution < -0.4 is 14.9 Å². The van der Waals surface area contributed by atoms with Gasteiger partial charge in [0.25, 0.3) is 5.91 Å². The maximum Gasteiger partial charge on any atom is 0.271 e.